The second-order valence-corrected chi connectivity index (χ2v) is 4.08. The van der Waals surface area contributed by atoms with E-state index in [1.165, 1.54) is 0 Å². The standard InChI is InChI=1S/C12H12F4N4/c1-17-11-19-8-5-3-2-4-7(8)9(20-11)18-6-12(15,16)10(13)14/h2-5,10H,6H2,1H3,(H2,17,18,19,20). The van der Waals surface area contributed by atoms with Crippen LogP contribution in [-0.4, -0.2) is 35.9 Å². The molecule has 0 atom stereocenters. The van der Waals surface area contributed by atoms with E-state index in [-0.39, 0.29) is 11.8 Å². The van der Waals surface area contributed by atoms with Gasteiger partial charge in [-0.3, -0.25) is 0 Å². The van der Waals surface area contributed by atoms with Crippen molar-refractivity contribution >= 4 is 22.7 Å². The van der Waals surface area contributed by atoms with Crippen LogP contribution >= 0.6 is 0 Å². The van der Waals surface area contributed by atoms with Crippen molar-refractivity contribution in [2.75, 3.05) is 24.2 Å². The molecular weight excluding hydrogens is 276 g/mol. The molecule has 108 valence electrons. The highest BCUT2D eigenvalue weighted by molar-refractivity contribution is 5.90. The zero-order valence-electron chi connectivity index (χ0n) is 10.5. The minimum absolute atomic E-state index is 0.0836. The zero-order chi connectivity index (χ0) is 14.8. The Hall–Kier alpha value is -2.12. The fourth-order valence-corrected chi connectivity index (χ4v) is 1.60. The molecule has 1 aromatic heterocycles. The first-order valence-corrected chi connectivity index (χ1v) is 5.78. The number of rotatable bonds is 5. The molecule has 0 saturated carbocycles. The molecular formula is C12H12F4N4. The van der Waals surface area contributed by atoms with Crippen molar-refractivity contribution in [3.05, 3.63) is 24.3 Å². The molecule has 0 saturated heterocycles. The van der Waals surface area contributed by atoms with Gasteiger partial charge in [-0.1, -0.05) is 12.1 Å². The van der Waals surface area contributed by atoms with Gasteiger partial charge in [-0.2, -0.15) is 13.8 Å². The summed E-state index contributed by atoms with van der Waals surface area (Å²) in [6, 6.07) is 6.71. The van der Waals surface area contributed by atoms with Gasteiger partial charge in [0.05, 0.1) is 12.1 Å². The molecule has 0 aliphatic rings. The van der Waals surface area contributed by atoms with Gasteiger partial charge in [0, 0.05) is 12.4 Å². The minimum atomic E-state index is -4.12. The normalized spacial score (nSPS) is 11.9. The predicted octanol–water partition coefficient (Wildman–Crippen LogP) is 2.98. The maximum Gasteiger partial charge on any atom is 0.324 e. The Kier molecular flexibility index (Phi) is 3.91. The van der Waals surface area contributed by atoms with Crippen LogP contribution in [0.2, 0.25) is 0 Å². The Morgan fingerprint density at radius 1 is 1.20 bits per heavy atom. The summed E-state index contributed by atoms with van der Waals surface area (Å²) in [5.41, 5.74) is 0.523. The van der Waals surface area contributed by atoms with Crippen LogP contribution in [0.4, 0.5) is 29.3 Å². The van der Waals surface area contributed by atoms with Crippen LogP contribution in [0, 0.1) is 0 Å². The smallest absolute Gasteiger partial charge is 0.324 e. The molecule has 0 radical (unpaired) electrons. The van der Waals surface area contributed by atoms with E-state index in [9.17, 15) is 17.6 Å². The van der Waals surface area contributed by atoms with Gasteiger partial charge in [0.2, 0.25) is 5.95 Å². The van der Waals surface area contributed by atoms with E-state index < -0.39 is 18.9 Å². The number of fused-ring (bicyclic) bond motifs is 1. The molecule has 2 rings (SSSR count). The average Bonchev–Trinajstić information content (AvgIpc) is 2.44. The molecule has 0 bridgehead atoms. The Labute approximate surface area is 112 Å². The number of aromatic nitrogens is 2. The molecule has 0 unspecified atom stereocenters. The van der Waals surface area contributed by atoms with Crippen LogP contribution in [0.25, 0.3) is 10.9 Å². The van der Waals surface area contributed by atoms with E-state index in [4.69, 9.17) is 0 Å². The van der Waals surface area contributed by atoms with Crippen LogP contribution in [0.15, 0.2) is 24.3 Å². The quantitative estimate of drug-likeness (QED) is 0.830. The van der Waals surface area contributed by atoms with Crippen molar-refractivity contribution in [1.29, 1.82) is 0 Å². The highest BCUT2D eigenvalue weighted by atomic mass is 19.3. The molecule has 0 aliphatic carbocycles. The molecule has 2 N–H and O–H groups in total. The Balaban J connectivity index is 2.33. The van der Waals surface area contributed by atoms with Gasteiger partial charge in [-0.25, -0.2) is 13.8 Å². The van der Waals surface area contributed by atoms with Crippen molar-refractivity contribution in [2.45, 2.75) is 12.3 Å². The SMILES string of the molecule is CNc1nc(NCC(F)(F)C(F)F)c2ccccc2n1. The molecule has 20 heavy (non-hydrogen) atoms. The number of benzene rings is 1. The van der Waals surface area contributed by atoms with Crippen LogP contribution in [0.3, 0.4) is 0 Å². The van der Waals surface area contributed by atoms with Crippen molar-refractivity contribution in [3.63, 3.8) is 0 Å². The number of nitrogens with one attached hydrogen (secondary N) is 2. The summed E-state index contributed by atoms with van der Waals surface area (Å²) in [5, 5.41) is 5.43. The lowest BCUT2D eigenvalue weighted by Crippen LogP contribution is -2.35. The summed E-state index contributed by atoms with van der Waals surface area (Å²) in [6.45, 7) is -1.20. The Morgan fingerprint density at radius 2 is 1.90 bits per heavy atom. The summed E-state index contributed by atoms with van der Waals surface area (Å²) >= 11 is 0. The lowest BCUT2D eigenvalue weighted by Gasteiger charge is -2.17. The van der Waals surface area contributed by atoms with E-state index in [2.05, 4.69) is 20.6 Å². The third kappa shape index (κ3) is 2.89. The molecule has 8 heteroatoms. The molecule has 1 aromatic carbocycles. The van der Waals surface area contributed by atoms with Gasteiger partial charge < -0.3 is 10.6 Å². The number of halogens is 4. The zero-order valence-corrected chi connectivity index (χ0v) is 10.5. The largest absolute Gasteiger partial charge is 0.363 e. The van der Waals surface area contributed by atoms with Crippen LogP contribution in [0.5, 0.6) is 0 Å². The van der Waals surface area contributed by atoms with Gasteiger partial charge in [0.25, 0.3) is 0 Å². The van der Waals surface area contributed by atoms with Crippen molar-refractivity contribution in [1.82, 2.24) is 9.97 Å². The van der Waals surface area contributed by atoms with Gasteiger partial charge in [0.15, 0.2) is 0 Å². The number of hydrogen-bond donors (Lipinski definition) is 2. The fraction of sp³-hybridized carbons (Fsp3) is 0.333. The molecule has 4 nitrogen and oxygen atoms in total. The van der Waals surface area contributed by atoms with Crippen LogP contribution in [0.1, 0.15) is 0 Å². The third-order valence-corrected chi connectivity index (χ3v) is 2.64. The van der Waals surface area contributed by atoms with Gasteiger partial charge in [-0.05, 0) is 12.1 Å². The number of alkyl halides is 4. The average molecular weight is 288 g/mol. The topological polar surface area (TPSA) is 49.8 Å². The van der Waals surface area contributed by atoms with E-state index in [0.29, 0.717) is 10.9 Å². The molecule has 0 amide bonds. The fourth-order valence-electron chi connectivity index (χ4n) is 1.60. The number of nitrogens with zero attached hydrogens (tertiary/aromatic N) is 2. The molecule has 0 spiro atoms. The number of para-hydroxylation sites is 1. The first kappa shape index (κ1) is 14.3. The van der Waals surface area contributed by atoms with Gasteiger partial charge in [0.1, 0.15) is 5.82 Å². The van der Waals surface area contributed by atoms with Crippen molar-refractivity contribution in [2.24, 2.45) is 0 Å². The first-order valence-electron chi connectivity index (χ1n) is 5.78. The molecule has 1 heterocycles. The second kappa shape index (κ2) is 5.48. The van der Waals surface area contributed by atoms with E-state index >= 15 is 0 Å². The maximum atomic E-state index is 12.9. The first-order chi connectivity index (χ1) is 9.44. The molecule has 0 fully saturated rings. The second-order valence-electron chi connectivity index (χ2n) is 4.08. The highest BCUT2D eigenvalue weighted by Crippen LogP contribution is 2.26. The minimum Gasteiger partial charge on any atom is -0.363 e. The lowest BCUT2D eigenvalue weighted by atomic mass is 10.2. The van der Waals surface area contributed by atoms with Crippen molar-refractivity contribution < 1.29 is 17.6 Å². The summed E-state index contributed by atoms with van der Waals surface area (Å²) < 4.78 is 50.2. The Bertz CT molecular complexity index is 603. The summed E-state index contributed by atoms with van der Waals surface area (Å²) in [5.74, 6) is -3.82. The summed E-state index contributed by atoms with van der Waals surface area (Å²) in [6.07, 6.45) is -3.73. The predicted molar refractivity (Wildman–Crippen MR) is 68.5 cm³/mol. The lowest BCUT2D eigenvalue weighted by molar-refractivity contribution is -0.117. The van der Waals surface area contributed by atoms with E-state index in [0.717, 1.165) is 0 Å². The van der Waals surface area contributed by atoms with Crippen LogP contribution in [-0.2, 0) is 0 Å². The Morgan fingerprint density at radius 3 is 2.55 bits per heavy atom. The van der Waals surface area contributed by atoms with E-state index in [1.54, 1.807) is 31.3 Å². The van der Waals surface area contributed by atoms with Gasteiger partial charge in [-0.15, -0.1) is 0 Å². The monoisotopic (exact) mass is 288 g/mol. The summed E-state index contributed by atoms with van der Waals surface area (Å²) in [4.78, 5) is 8.11. The van der Waals surface area contributed by atoms with E-state index in [1.807, 2.05) is 0 Å². The molecule has 0 aliphatic heterocycles. The maximum absolute atomic E-state index is 12.9. The number of hydrogen-bond acceptors (Lipinski definition) is 4. The van der Waals surface area contributed by atoms with Gasteiger partial charge >= 0.3 is 12.3 Å². The van der Waals surface area contributed by atoms with Crippen molar-refractivity contribution in [3.8, 4) is 0 Å². The summed E-state index contributed by atoms with van der Waals surface area (Å²) in [7, 11) is 1.57. The highest BCUT2D eigenvalue weighted by Gasteiger charge is 2.40. The van der Waals surface area contributed by atoms with Crippen LogP contribution < -0.4 is 10.6 Å². The molecule has 2 aromatic rings. The third-order valence-electron chi connectivity index (χ3n) is 2.64. The number of anilines is 2.